The molecule has 0 saturated heterocycles. The number of nitrogens with zero attached hydrogens (tertiary/aromatic N) is 1. The highest BCUT2D eigenvalue weighted by Gasteiger charge is 2.22. The maximum absolute atomic E-state index is 11.8. The second-order valence-electron chi connectivity index (χ2n) is 3.71. The molecule has 0 saturated carbocycles. The number of aromatic nitrogens is 1. The molecule has 19 heavy (non-hydrogen) atoms. The fourth-order valence-electron chi connectivity index (χ4n) is 1.34. The van der Waals surface area contributed by atoms with Gasteiger partial charge < -0.3 is 16.2 Å². The molecule has 8 heteroatoms. The quantitative estimate of drug-likeness (QED) is 0.644. The van der Waals surface area contributed by atoms with Crippen LogP contribution in [-0.2, 0) is 9.59 Å². The molecule has 0 aliphatic rings. The van der Waals surface area contributed by atoms with Crippen LogP contribution in [0.4, 0.5) is 0 Å². The SMILES string of the molecule is NC(=O)CC[C@@H](NC(=O)c1cccnc1Cl)C(=O)O. The Bertz CT molecular complexity index is 506. The minimum absolute atomic E-state index is 0.0287. The van der Waals surface area contributed by atoms with Gasteiger partial charge in [-0.05, 0) is 18.6 Å². The van der Waals surface area contributed by atoms with E-state index in [0.717, 1.165) is 0 Å². The number of carbonyl (C=O) groups excluding carboxylic acids is 2. The second kappa shape index (κ2) is 6.69. The number of halogens is 1. The summed E-state index contributed by atoms with van der Waals surface area (Å²) in [6, 6.07) is 1.70. The largest absolute Gasteiger partial charge is 0.480 e. The average Bonchev–Trinajstić information content (AvgIpc) is 2.34. The molecule has 1 atom stereocenters. The lowest BCUT2D eigenvalue weighted by Crippen LogP contribution is -2.41. The van der Waals surface area contributed by atoms with Gasteiger partial charge in [0.1, 0.15) is 11.2 Å². The standard InChI is InChI=1S/C11H12ClN3O4/c12-9-6(2-1-5-14-9)10(17)15-7(11(18)19)3-4-8(13)16/h1-2,5,7H,3-4H2,(H2,13,16)(H,15,17)(H,18,19)/t7-/m1/s1. The Morgan fingerprint density at radius 1 is 1.47 bits per heavy atom. The fourth-order valence-corrected chi connectivity index (χ4v) is 1.54. The second-order valence-corrected chi connectivity index (χ2v) is 4.07. The van der Waals surface area contributed by atoms with Gasteiger partial charge in [-0.15, -0.1) is 0 Å². The summed E-state index contributed by atoms with van der Waals surface area (Å²) in [6.07, 6.45) is 1.17. The molecule has 1 aromatic heterocycles. The Balaban J connectivity index is 2.74. The van der Waals surface area contributed by atoms with Crippen molar-refractivity contribution in [2.24, 2.45) is 5.73 Å². The molecule has 0 spiro atoms. The van der Waals surface area contributed by atoms with E-state index in [1.807, 2.05) is 0 Å². The molecule has 1 aromatic rings. The van der Waals surface area contributed by atoms with E-state index in [0.29, 0.717) is 0 Å². The maximum atomic E-state index is 11.8. The van der Waals surface area contributed by atoms with E-state index in [1.54, 1.807) is 0 Å². The lowest BCUT2D eigenvalue weighted by atomic mass is 10.1. The van der Waals surface area contributed by atoms with Crippen LogP contribution in [0.3, 0.4) is 0 Å². The van der Waals surface area contributed by atoms with Gasteiger partial charge in [-0.25, -0.2) is 9.78 Å². The summed E-state index contributed by atoms with van der Waals surface area (Å²) in [7, 11) is 0. The third-order valence-corrected chi connectivity index (χ3v) is 2.59. The molecule has 0 unspecified atom stereocenters. The van der Waals surface area contributed by atoms with Gasteiger partial charge in [0.25, 0.3) is 5.91 Å². The molecule has 0 bridgehead atoms. The van der Waals surface area contributed by atoms with Crippen molar-refractivity contribution >= 4 is 29.4 Å². The number of primary amides is 1. The molecule has 1 rings (SSSR count). The predicted molar refractivity (Wildman–Crippen MR) is 66.6 cm³/mol. The van der Waals surface area contributed by atoms with E-state index >= 15 is 0 Å². The predicted octanol–water partition coefficient (Wildman–Crippen LogP) is 0.183. The number of amides is 2. The Morgan fingerprint density at radius 2 is 2.16 bits per heavy atom. The highest BCUT2D eigenvalue weighted by molar-refractivity contribution is 6.32. The molecule has 7 nitrogen and oxygen atoms in total. The number of hydrogen-bond donors (Lipinski definition) is 3. The molecule has 2 amide bonds. The first-order valence-corrected chi connectivity index (χ1v) is 5.72. The lowest BCUT2D eigenvalue weighted by Gasteiger charge is -2.13. The topological polar surface area (TPSA) is 122 Å². The molecule has 0 aromatic carbocycles. The van der Waals surface area contributed by atoms with Crippen molar-refractivity contribution in [1.29, 1.82) is 0 Å². The van der Waals surface area contributed by atoms with E-state index < -0.39 is 23.8 Å². The minimum atomic E-state index is -1.25. The van der Waals surface area contributed by atoms with Crippen molar-refractivity contribution in [2.75, 3.05) is 0 Å². The Morgan fingerprint density at radius 3 is 2.68 bits per heavy atom. The van der Waals surface area contributed by atoms with Crippen molar-refractivity contribution in [3.05, 3.63) is 29.0 Å². The van der Waals surface area contributed by atoms with Gasteiger partial charge in [-0.3, -0.25) is 9.59 Å². The zero-order valence-electron chi connectivity index (χ0n) is 9.80. The maximum Gasteiger partial charge on any atom is 0.326 e. The molecule has 0 fully saturated rings. The van der Waals surface area contributed by atoms with Crippen molar-refractivity contribution in [3.8, 4) is 0 Å². The average molecular weight is 286 g/mol. The number of nitrogens with one attached hydrogen (secondary N) is 1. The highest BCUT2D eigenvalue weighted by atomic mass is 35.5. The van der Waals surface area contributed by atoms with Crippen molar-refractivity contribution in [2.45, 2.75) is 18.9 Å². The van der Waals surface area contributed by atoms with Crippen LogP contribution in [0.15, 0.2) is 18.3 Å². The Hall–Kier alpha value is -2.15. The van der Waals surface area contributed by atoms with Crippen LogP contribution in [0.25, 0.3) is 0 Å². The van der Waals surface area contributed by atoms with Gasteiger partial charge in [0, 0.05) is 12.6 Å². The molecule has 0 radical (unpaired) electrons. The van der Waals surface area contributed by atoms with Crippen LogP contribution in [0.5, 0.6) is 0 Å². The molecular weight excluding hydrogens is 274 g/mol. The third-order valence-electron chi connectivity index (χ3n) is 2.29. The van der Waals surface area contributed by atoms with Crippen LogP contribution in [0.1, 0.15) is 23.2 Å². The van der Waals surface area contributed by atoms with Crippen LogP contribution in [-0.4, -0.2) is 33.9 Å². The van der Waals surface area contributed by atoms with Gasteiger partial charge >= 0.3 is 5.97 Å². The summed E-state index contributed by atoms with van der Waals surface area (Å²) < 4.78 is 0. The normalized spacial score (nSPS) is 11.6. The highest BCUT2D eigenvalue weighted by Crippen LogP contribution is 2.11. The summed E-state index contributed by atoms with van der Waals surface area (Å²) in [6.45, 7) is 0. The van der Waals surface area contributed by atoms with Crippen LogP contribution in [0.2, 0.25) is 5.15 Å². The Labute approximate surface area is 113 Å². The summed E-state index contributed by atoms with van der Waals surface area (Å²) in [4.78, 5) is 37.1. The van der Waals surface area contributed by atoms with Crippen molar-refractivity contribution in [3.63, 3.8) is 0 Å². The van der Waals surface area contributed by atoms with E-state index in [2.05, 4.69) is 10.3 Å². The smallest absolute Gasteiger partial charge is 0.326 e. The first-order chi connectivity index (χ1) is 8.91. The summed E-state index contributed by atoms with van der Waals surface area (Å²) >= 11 is 5.72. The van der Waals surface area contributed by atoms with Gasteiger partial charge in [-0.2, -0.15) is 0 Å². The van der Waals surface area contributed by atoms with Crippen molar-refractivity contribution < 1.29 is 19.5 Å². The number of carboxylic acids is 1. The molecule has 102 valence electrons. The van der Waals surface area contributed by atoms with E-state index in [1.165, 1.54) is 18.3 Å². The summed E-state index contributed by atoms with van der Waals surface area (Å²) in [5.41, 5.74) is 5.00. The number of rotatable bonds is 6. The Kier molecular flexibility index (Phi) is 5.25. The minimum Gasteiger partial charge on any atom is -0.480 e. The zero-order valence-corrected chi connectivity index (χ0v) is 10.6. The van der Waals surface area contributed by atoms with Gasteiger partial charge in [0.2, 0.25) is 5.91 Å². The van der Waals surface area contributed by atoms with Crippen LogP contribution >= 0.6 is 11.6 Å². The monoisotopic (exact) mass is 285 g/mol. The number of hydrogen-bond acceptors (Lipinski definition) is 4. The number of nitrogens with two attached hydrogens (primary N) is 1. The third kappa shape index (κ3) is 4.55. The summed E-state index contributed by atoms with van der Waals surface area (Å²) in [5.74, 6) is -2.57. The molecule has 1 heterocycles. The molecular formula is C11H12ClN3O4. The molecule has 4 N–H and O–H groups in total. The van der Waals surface area contributed by atoms with Gasteiger partial charge in [0.15, 0.2) is 0 Å². The van der Waals surface area contributed by atoms with Gasteiger partial charge in [-0.1, -0.05) is 11.6 Å². The lowest BCUT2D eigenvalue weighted by molar-refractivity contribution is -0.139. The number of carbonyl (C=O) groups is 3. The fraction of sp³-hybridized carbons (Fsp3) is 0.273. The van der Waals surface area contributed by atoms with Crippen LogP contribution in [0, 0.1) is 0 Å². The molecule has 0 aliphatic carbocycles. The molecule has 0 aliphatic heterocycles. The number of aliphatic carboxylic acids is 1. The summed E-state index contributed by atoms with van der Waals surface area (Å²) in [5, 5.41) is 11.2. The number of pyridine rings is 1. The first kappa shape index (κ1) is 14.9. The number of carboxylic acid groups (broad SMARTS) is 1. The van der Waals surface area contributed by atoms with Gasteiger partial charge in [0.05, 0.1) is 5.56 Å². The van der Waals surface area contributed by atoms with E-state index in [4.69, 9.17) is 22.4 Å². The van der Waals surface area contributed by atoms with Crippen molar-refractivity contribution in [1.82, 2.24) is 10.3 Å². The first-order valence-electron chi connectivity index (χ1n) is 5.34. The zero-order chi connectivity index (χ0) is 14.4. The van der Waals surface area contributed by atoms with E-state index in [-0.39, 0.29) is 23.6 Å². The van der Waals surface area contributed by atoms with E-state index in [9.17, 15) is 14.4 Å². The van der Waals surface area contributed by atoms with Crippen LogP contribution < -0.4 is 11.1 Å².